The number of ether oxygens (including phenoxy) is 1. The van der Waals surface area contributed by atoms with E-state index in [1.54, 1.807) is 6.92 Å². The number of hydrogen-bond donors (Lipinski definition) is 3. The lowest BCUT2D eigenvalue weighted by molar-refractivity contribution is -0.145. The van der Waals surface area contributed by atoms with E-state index >= 15 is 0 Å². The fourth-order valence-electron chi connectivity index (χ4n) is 5.48. The number of fused-ring (bicyclic) bond motifs is 1. The maximum absolute atomic E-state index is 13.6. The lowest BCUT2D eigenvalue weighted by Gasteiger charge is -2.35. The summed E-state index contributed by atoms with van der Waals surface area (Å²) in [7, 11) is 0. The zero-order valence-corrected chi connectivity index (χ0v) is 19.9. The van der Waals surface area contributed by atoms with Crippen LogP contribution in [-0.2, 0) is 25.7 Å². The second-order valence-electron chi connectivity index (χ2n) is 8.94. The lowest BCUT2D eigenvalue weighted by atomic mass is 9.70. The number of alkyl halides is 1. The Morgan fingerprint density at radius 2 is 2.00 bits per heavy atom. The zero-order chi connectivity index (χ0) is 23.0. The topological polar surface area (TPSA) is 108 Å². The maximum atomic E-state index is 13.6. The fourth-order valence-corrected chi connectivity index (χ4v) is 6.42. The molecule has 8 nitrogen and oxygen atoms in total. The molecule has 1 spiro atoms. The first-order valence-corrected chi connectivity index (χ1v) is 12.1. The van der Waals surface area contributed by atoms with Gasteiger partial charge in [-0.2, -0.15) is 0 Å². The molecule has 3 amide bonds. The van der Waals surface area contributed by atoms with Gasteiger partial charge in [0.2, 0.25) is 17.7 Å². The first kappa shape index (κ1) is 23.2. The summed E-state index contributed by atoms with van der Waals surface area (Å²) in [5.74, 6) is -2.28. The molecule has 1 aromatic rings. The molecule has 3 N–H and O–H groups in total. The van der Waals surface area contributed by atoms with Gasteiger partial charge in [-0.25, -0.2) is 0 Å². The standard InChI is InChI=1S/C23H30BrN3O5/c1-3-9-25-20(29)16-17-22(31)27(13(2)12-28)19(23(17)10-15(24)18(16)32-23)21(30)26-11-14-7-5-4-6-8-14/h4-8,13,15-19,28H,3,9-12H2,1-2H3,(H,25,29)(H,26,30)/t13-,15?,16+,17+,18+,19?,23?/m1/s1. The van der Waals surface area contributed by atoms with E-state index < -0.39 is 35.6 Å². The largest absolute Gasteiger partial charge is 0.394 e. The first-order valence-electron chi connectivity index (χ1n) is 11.2. The summed E-state index contributed by atoms with van der Waals surface area (Å²) in [6.45, 7) is 4.21. The van der Waals surface area contributed by atoms with Gasteiger partial charge in [0.1, 0.15) is 11.6 Å². The highest BCUT2D eigenvalue weighted by Gasteiger charge is 2.76. The number of carbonyl (C=O) groups is 3. The molecule has 1 aromatic carbocycles. The highest BCUT2D eigenvalue weighted by atomic mass is 79.9. The van der Waals surface area contributed by atoms with Crippen LogP contribution >= 0.6 is 15.9 Å². The van der Waals surface area contributed by atoms with Crippen LogP contribution in [0.2, 0.25) is 0 Å². The molecule has 174 valence electrons. The van der Waals surface area contributed by atoms with E-state index in [4.69, 9.17) is 4.74 Å². The monoisotopic (exact) mass is 507 g/mol. The van der Waals surface area contributed by atoms with Gasteiger partial charge in [-0.05, 0) is 25.3 Å². The van der Waals surface area contributed by atoms with Gasteiger partial charge in [-0.1, -0.05) is 53.2 Å². The van der Waals surface area contributed by atoms with Crippen LogP contribution in [-0.4, -0.2) is 69.5 Å². The summed E-state index contributed by atoms with van der Waals surface area (Å²) < 4.78 is 6.38. The number of carbonyl (C=O) groups excluding carboxylic acids is 3. The highest BCUT2D eigenvalue weighted by Crippen LogP contribution is 2.60. The zero-order valence-electron chi connectivity index (χ0n) is 18.3. The van der Waals surface area contributed by atoms with Crippen LogP contribution in [0.25, 0.3) is 0 Å². The molecule has 0 aliphatic carbocycles. The molecule has 32 heavy (non-hydrogen) atoms. The van der Waals surface area contributed by atoms with Gasteiger partial charge in [0.15, 0.2) is 0 Å². The summed E-state index contributed by atoms with van der Waals surface area (Å²) in [5, 5.41) is 15.7. The molecule has 3 saturated heterocycles. The van der Waals surface area contributed by atoms with Crippen LogP contribution in [0.1, 0.15) is 32.3 Å². The van der Waals surface area contributed by atoms with Crippen LogP contribution in [0.15, 0.2) is 30.3 Å². The smallest absolute Gasteiger partial charge is 0.246 e. The summed E-state index contributed by atoms with van der Waals surface area (Å²) >= 11 is 3.63. The number of aliphatic hydroxyl groups is 1. The molecule has 3 aliphatic heterocycles. The average Bonchev–Trinajstić information content (AvgIpc) is 3.39. The van der Waals surface area contributed by atoms with E-state index in [-0.39, 0.29) is 29.2 Å². The van der Waals surface area contributed by atoms with Crippen LogP contribution < -0.4 is 10.6 Å². The Bertz CT molecular complexity index is 884. The third-order valence-electron chi connectivity index (χ3n) is 6.88. The van der Waals surface area contributed by atoms with Crippen LogP contribution in [0.3, 0.4) is 0 Å². The number of rotatable bonds is 8. The van der Waals surface area contributed by atoms with E-state index in [0.717, 1.165) is 12.0 Å². The van der Waals surface area contributed by atoms with Crippen molar-refractivity contribution in [2.24, 2.45) is 11.8 Å². The van der Waals surface area contributed by atoms with Gasteiger partial charge in [-0.3, -0.25) is 14.4 Å². The number of likely N-dealkylation sites (tertiary alicyclic amines) is 1. The van der Waals surface area contributed by atoms with Crippen molar-refractivity contribution in [3.63, 3.8) is 0 Å². The first-order chi connectivity index (χ1) is 15.4. The molecule has 3 unspecified atom stereocenters. The van der Waals surface area contributed by atoms with Gasteiger partial charge >= 0.3 is 0 Å². The lowest BCUT2D eigenvalue weighted by Crippen LogP contribution is -2.57. The number of nitrogens with one attached hydrogen (secondary N) is 2. The van der Waals surface area contributed by atoms with Crippen molar-refractivity contribution in [2.45, 2.75) is 61.8 Å². The van der Waals surface area contributed by atoms with E-state index in [0.29, 0.717) is 19.5 Å². The van der Waals surface area contributed by atoms with Gasteiger partial charge in [-0.15, -0.1) is 0 Å². The number of amides is 3. The quantitative estimate of drug-likeness (QED) is 0.454. The van der Waals surface area contributed by atoms with E-state index in [2.05, 4.69) is 26.6 Å². The fraction of sp³-hybridized carbons (Fsp3) is 0.609. The van der Waals surface area contributed by atoms with Gasteiger partial charge < -0.3 is 25.4 Å². The van der Waals surface area contributed by atoms with Crippen molar-refractivity contribution < 1.29 is 24.2 Å². The summed E-state index contributed by atoms with van der Waals surface area (Å²) in [6.07, 6.45) is 0.754. The minimum atomic E-state index is -1.10. The van der Waals surface area contributed by atoms with Gasteiger partial charge in [0.25, 0.3) is 0 Å². The minimum Gasteiger partial charge on any atom is -0.394 e. The Hall–Kier alpha value is -1.97. The second kappa shape index (κ2) is 9.11. The Kier molecular flexibility index (Phi) is 6.61. The summed E-state index contributed by atoms with van der Waals surface area (Å²) in [6, 6.07) is 8.02. The summed E-state index contributed by atoms with van der Waals surface area (Å²) in [4.78, 5) is 41.4. The average molecular weight is 508 g/mol. The third kappa shape index (κ3) is 3.64. The number of hydrogen-bond acceptors (Lipinski definition) is 5. The maximum Gasteiger partial charge on any atom is 0.246 e. The molecular formula is C23H30BrN3O5. The Morgan fingerprint density at radius 1 is 1.28 bits per heavy atom. The molecule has 2 bridgehead atoms. The van der Waals surface area contributed by atoms with Crippen LogP contribution in [0.5, 0.6) is 0 Å². The van der Waals surface area contributed by atoms with E-state index in [1.807, 2.05) is 37.3 Å². The van der Waals surface area contributed by atoms with Crippen molar-refractivity contribution in [2.75, 3.05) is 13.2 Å². The molecule has 9 heteroatoms. The summed E-state index contributed by atoms with van der Waals surface area (Å²) in [5.41, 5.74) is -0.165. The molecule has 3 fully saturated rings. The van der Waals surface area contributed by atoms with E-state index in [1.165, 1.54) is 4.90 Å². The second-order valence-corrected chi connectivity index (χ2v) is 10.1. The third-order valence-corrected chi connectivity index (χ3v) is 7.72. The van der Waals surface area contributed by atoms with Crippen molar-refractivity contribution in [3.05, 3.63) is 35.9 Å². The highest BCUT2D eigenvalue weighted by molar-refractivity contribution is 9.09. The number of nitrogens with zero attached hydrogens (tertiary/aromatic N) is 1. The molecule has 0 radical (unpaired) electrons. The Morgan fingerprint density at radius 3 is 2.66 bits per heavy atom. The van der Waals surface area contributed by atoms with Crippen molar-refractivity contribution >= 4 is 33.7 Å². The Labute approximate surface area is 196 Å². The van der Waals surface area contributed by atoms with Crippen LogP contribution in [0.4, 0.5) is 0 Å². The molecule has 0 saturated carbocycles. The van der Waals surface area contributed by atoms with Gasteiger partial charge in [0, 0.05) is 17.9 Å². The molecule has 4 rings (SSSR count). The number of halogens is 1. The SMILES string of the molecule is CCCNC(=O)[C@H]1[C@H]2C(=O)N([C@H](C)CO)C(C(=O)NCc3ccccc3)C23CC(Br)[C@@H]1O3. The molecule has 7 atom stereocenters. The van der Waals surface area contributed by atoms with Crippen LogP contribution in [0, 0.1) is 11.8 Å². The predicted octanol–water partition coefficient (Wildman–Crippen LogP) is 0.958. The molecule has 0 aromatic heterocycles. The predicted molar refractivity (Wildman–Crippen MR) is 121 cm³/mol. The number of aliphatic hydroxyl groups excluding tert-OH is 1. The van der Waals surface area contributed by atoms with Crippen molar-refractivity contribution in [1.29, 1.82) is 0 Å². The Balaban J connectivity index is 1.66. The minimum absolute atomic E-state index is 0.141. The molecular weight excluding hydrogens is 478 g/mol. The van der Waals surface area contributed by atoms with Crippen molar-refractivity contribution in [1.82, 2.24) is 15.5 Å². The molecule has 3 aliphatic rings. The molecule has 3 heterocycles. The van der Waals surface area contributed by atoms with Crippen molar-refractivity contribution in [3.8, 4) is 0 Å². The van der Waals surface area contributed by atoms with E-state index in [9.17, 15) is 19.5 Å². The normalized spacial score (nSPS) is 33.8. The number of benzene rings is 1. The van der Waals surface area contributed by atoms with Gasteiger partial charge in [0.05, 0.1) is 30.6 Å².